The molecular formula is C25H21ClN4O4S. The molecule has 0 spiro atoms. The fourth-order valence-corrected chi connectivity index (χ4v) is 4.22. The summed E-state index contributed by atoms with van der Waals surface area (Å²) in [5.41, 5.74) is 4.09. The van der Waals surface area contributed by atoms with Crippen LogP contribution in [0.15, 0.2) is 81.8 Å². The van der Waals surface area contributed by atoms with Gasteiger partial charge in [-0.3, -0.25) is 14.2 Å². The molecule has 0 aliphatic heterocycles. The lowest BCUT2D eigenvalue weighted by Gasteiger charge is -2.13. The van der Waals surface area contributed by atoms with Gasteiger partial charge in [-0.1, -0.05) is 35.5 Å². The van der Waals surface area contributed by atoms with Crippen LogP contribution in [0.3, 0.4) is 0 Å². The summed E-state index contributed by atoms with van der Waals surface area (Å²) in [5, 5.41) is 5.43. The summed E-state index contributed by atoms with van der Waals surface area (Å²) in [6.45, 7) is 0. The zero-order valence-electron chi connectivity index (χ0n) is 18.9. The van der Waals surface area contributed by atoms with Gasteiger partial charge in [-0.25, -0.2) is 10.4 Å². The average molecular weight is 509 g/mol. The van der Waals surface area contributed by atoms with Crippen LogP contribution < -0.4 is 20.5 Å². The molecule has 0 bridgehead atoms. The standard InChI is InChI=1S/C25H21ClN4O4S/c1-33-19-12-7-16(22(13-19)34-2)14-27-29-23(31)15-35-25-28-21-6-4-3-5-20(21)24(32)30(25)18-10-8-17(26)9-11-18/h3-14H,15H2,1-2H3,(H,29,31)/b27-14+. The average Bonchev–Trinajstić information content (AvgIpc) is 2.88. The zero-order valence-corrected chi connectivity index (χ0v) is 20.5. The van der Waals surface area contributed by atoms with Crippen molar-refractivity contribution >= 4 is 46.4 Å². The van der Waals surface area contributed by atoms with E-state index in [2.05, 4.69) is 15.5 Å². The number of methoxy groups -OCH3 is 2. The van der Waals surface area contributed by atoms with Crippen molar-refractivity contribution in [3.05, 3.63) is 87.7 Å². The van der Waals surface area contributed by atoms with E-state index in [0.717, 1.165) is 11.8 Å². The molecule has 1 heterocycles. The number of hydrogen-bond donors (Lipinski definition) is 1. The molecule has 0 saturated heterocycles. The Kier molecular flexibility index (Phi) is 7.69. The summed E-state index contributed by atoms with van der Waals surface area (Å²) < 4.78 is 12.0. The van der Waals surface area contributed by atoms with Crippen LogP contribution in [-0.2, 0) is 4.79 Å². The molecular weight excluding hydrogens is 488 g/mol. The van der Waals surface area contributed by atoms with Gasteiger partial charge in [0.2, 0.25) is 0 Å². The van der Waals surface area contributed by atoms with Crippen LogP contribution >= 0.6 is 23.4 Å². The van der Waals surface area contributed by atoms with E-state index in [0.29, 0.717) is 43.8 Å². The lowest BCUT2D eigenvalue weighted by Crippen LogP contribution is -2.24. The first-order chi connectivity index (χ1) is 17.0. The molecule has 1 amide bonds. The summed E-state index contributed by atoms with van der Waals surface area (Å²) in [4.78, 5) is 30.3. The van der Waals surface area contributed by atoms with E-state index in [4.69, 9.17) is 21.1 Å². The SMILES string of the molecule is COc1ccc(/C=N/NC(=O)CSc2nc3ccccc3c(=O)n2-c2ccc(Cl)cc2)c(OC)c1. The number of fused-ring (bicyclic) bond motifs is 1. The highest BCUT2D eigenvalue weighted by atomic mass is 35.5. The smallest absolute Gasteiger partial charge is 0.266 e. The summed E-state index contributed by atoms with van der Waals surface area (Å²) in [7, 11) is 3.11. The van der Waals surface area contributed by atoms with Gasteiger partial charge in [0.15, 0.2) is 5.16 Å². The molecule has 0 aliphatic carbocycles. The molecule has 1 aromatic heterocycles. The molecule has 8 nitrogen and oxygen atoms in total. The highest BCUT2D eigenvalue weighted by Gasteiger charge is 2.15. The number of nitrogens with zero attached hydrogens (tertiary/aromatic N) is 3. The molecule has 4 aromatic rings. The first kappa shape index (κ1) is 24.3. The number of nitrogens with one attached hydrogen (secondary N) is 1. The number of carbonyl (C=O) groups is 1. The second-order valence-electron chi connectivity index (χ2n) is 7.22. The third-order valence-electron chi connectivity index (χ3n) is 5.00. The van der Waals surface area contributed by atoms with E-state index in [9.17, 15) is 9.59 Å². The van der Waals surface area contributed by atoms with Crippen molar-refractivity contribution in [3.63, 3.8) is 0 Å². The Morgan fingerprint density at radius 2 is 1.89 bits per heavy atom. The number of thioether (sulfide) groups is 1. The maximum absolute atomic E-state index is 13.2. The fraction of sp³-hybridized carbons (Fsp3) is 0.120. The first-order valence-corrected chi connectivity index (χ1v) is 11.8. The van der Waals surface area contributed by atoms with Crippen LogP contribution in [0.5, 0.6) is 11.5 Å². The van der Waals surface area contributed by atoms with Gasteiger partial charge < -0.3 is 9.47 Å². The third-order valence-corrected chi connectivity index (χ3v) is 6.19. The molecule has 0 unspecified atom stereocenters. The van der Waals surface area contributed by atoms with Gasteiger partial charge in [-0.15, -0.1) is 0 Å². The fourth-order valence-electron chi connectivity index (χ4n) is 3.29. The molecule has 35 heavy (non-hydrogen) atoms. The van der Waals surface area contributed by atoms with Crippen LogP contribution in [0, 0.1) is 0 Å². The molecule has 0 atom stereocenters. The van der Waals surface area contributed by atoms with Crippen LogP contribution in [0.4, 0.5) is 0 Å². The summed E-state index contributed by atoms with van der Waals surface area (Å²) in [6.07, 6.45) is 1.48. The monoisotopic (exact) mass is 508 g/mol. The molecule has 0 radical (unpaired) electrons. The summed E-state index contributed by atoms with van der Waals surface area (Å²) in [6, 6.07) is 19.2. The number of carbonyl (C=O) groups excluding carboxylic acids is 1. The third kappa shape index (κ3) is 5.64. The van der Waals surface area contributed by atoms with Crippen molar-refractivity contribution in [1.29, 1.82) is 0 Å². The highest BCUT2D eigenvalue weighted by molar-refractivity contribution is 7.99. The Morgan fingerprint density at radius 3 is 2.63 bits per heavy atom. The molecule has 178 valence electrons. The Bertz CT molecular complexity index is 1450. The van der Waals surface area contributed by atoms with E-state index in [1.165, 1.54) is 17.9 Å². The van der Waals surface area contributed by atoms with E-state index in [-0.39, 0.29) is 17.2 Å². The van der Waals surface area contributed by atoms with E-state index in [1.807, 2.05) is 6.07 Å². The van der Waals surface area contributed by atoms with Crippen LogP contribution in [0.2, 0.25) is 5.02 Å². The molecule has 1 N–H and O–H groups in total. The number of aromatic nitrogens is 2. The van der Waals surface area contributed by atoms with E-state index >= 15 is 0 Å². The predicted molar refractivity (Wildman–Crippen MR) is 138 cm³/mol. The van der Waals surface area contributed by atoms with Gasteiger partial charge in [-0.05, 0) is 48.5 Å². The lowest BCUT2D eigenvalue weighted by molar-refractivity contribution is -0.118. The van der Waals surface area contributed by atoms with E-state index in [1.54, 1.807) is 67.8 Å². The van der Waals surface area contributed by atoms with Crippen molar-refractivity contribution in [2.45, 2.75) is 5.16 Å². The van der Waals surface area contributed by atoms with Gasteiger partial charge in [0.1, 0.15) is 11.5 Å². The number of hydrogen-bond acceptors (Lipinski definition) is 7. The Hall–Kier alpha value is -3.82. The normalized spacial score (nSPS) is 11.1. The minimum atomic E-state index is -0.358. The lowest BCUT2D eigenvalue weighted by atomic mass is 10.2. The van der Waals surface area contributed by atoms with Crippen LogP contribution in [0.25, 0.3) is 16.6 Å². The number of para-hydroxylation sites is 1. The predicted octanol–water partition coefficient (Wildman–Crippen LogP) is 4.30. The topological polar surface area (TPSA) is 94.8 Å². The van der Waals surface area contributed by atoms with Crippen molar-refractivity contribution < 1.29 is 14.3 Å². The van der Waals surface area contributed by atoms with Gasteiger partial charge in [0.25, 0.3) is 11.5 Å². The number of rotatable bonds is 8. The molecule has 0 fully saturated rings. The molecule has 0 saturated carbocycles. The Morgan fingerprint density at radius 1 is 1.11 bits per heavy atom. The maximum Gasteiger partial charge on any atom is 0.266 e. The minimum absolute atomic E-state index is 0.00451. The minimum Gasteiger partial charge on any atom is -0.497 e. The number of amides is 1. The number of benzene rings is 3. The van der Waals surface area contributed by atoms with Crippen molar-refractivity contribution in [2.24, 2.45) is 5.10 Å². The molecule has 4 rings (SSSR count). The number of ether oxygens (including phenoxy) is 2. The van der Waals surface area contributed by atoms with Crippen molar-refractivity contribution in [3.8, 4) is 17.2 Å². The van der Waals surface area contributed by atoms with Crippen molar-refractivity contribution in [2.75, 3.05) is 20.0 Å². The maximum atomic E-state index is 13.2. The molecule has 0 aliphatic rings. The van der Waals surface area contributed by atoms with Gasteiger partial charge in [-0.2, -0.15) is 5.10 Å². The van der Waals surface area contributed by atoms with Crippen LogP contribution in [0.1, 0.15) is 5.56 Å². The Balaban J connectivity index is 1.53. The second kappa shape index (κ2) is 11.1. The summed E-state index contributed by atoms with van der Waals surface area (Å²) >= 11 is 7.15. The van der Waals surface area contributed by atoms with E-state index < -0.39 is 0 Å². The van der Waals surface area contributed by atoms with Gasteiger partial charge >= 0.3 is 0 Å². The number of hydrazone groups is 1. The second-order valence-corrected chi connectivity index (χ2v) is 8.60. The van der Waals surface area contributed by atoms with Crippen LogP contribution in [-0.4, -0.2) is 41.6 Å². The Labute approximate surface area is 210 Å². The summed E-state index contributed by atoms with van der Waals surface area (Å²) in [5.74, 6) is 0.844. The van der Waals surface area contributed by atoms with Gasteiger partial charge in [0.05, 0.1) is 42.8 Å². The molecule has 10 heteroatoms. The first-order valence-electron chi connectivity index (χ1n) is 10.4. The highest BCUT2D eigenvalue weighted by Crippen LogP contribution is 2.24. The number of halogens is 1. The largest absolute Gasteiger partial charge is 0.497 e. The zero-order chi connectivity index (χ0) is 24.8. The van der Waals surface area contributed by atoms with Gasteiger partial charge in [0, 0.05) is 16.7 Å². The molecule has 3 aromatic carbocycles. The van der Waals surface area contributed by atoms with Crippen molar-refractivity contribution in [1.82, 2.24) is 15.0 Å². The quantitative estimate of drug-likeness (QED) is 0.165.